The van der Waals surface area contributed by atoms with Crippen molar-refractivity contribution in [3.8, 4) is 0 Å². The zero-order valence-electron chi connectivity index (χ0n) is 18.4. The van der Waals surface area contributed by atoms with E-state index >= 15 is 0 Å². The summed E-state index contributed by atoms with van der Waals surface area (Å²) < 4.78 is 2.23. The maximum absolute atomic E-state index is 12.7. The van der Waals surface area contributed by atoms with Crippen LogP contribution in [-0.2, 0) is 0 Å². The molecule has 1 aliphatic carbocycles. The third-order valence-electron chi connectivity index (χ3n) is 6.35. The summed E-state index contributed by atoms with van der Waals surface area (Å²) in [6, 6.07) is 10.6. The van der Waals surface area contributed by atoms with Crippen LogP contribution in [0.1, 0.15) is 45.6 Å². The number of nitrogens with two attached hydrogens (primary N) is 1. The Labute approximate surface area is 186 Å². The van der Waals surface area contributed by atoms with E-state index < -0.39 is 0 Å². The minimum Gasteiger partial charge on any atom is -0.366 e. The van der Waals surface area contributed by atoms with Crippen LogP contribution in [0.5, 0.6) is 0 Å². The molecule has 8 nitrogen and oxygen atoms in total. The molecule has 8 heteroatoms. The highest BCUT2D eigenvalue weighted by Crippen LogP contribution is 2.31. The number of nitrogens with one attached hydrogen (secondary N) is 3. The van der Waals surface area contributed by atoms with E-state index in [2.05, 4.69) is 57.3 Å². The van der Waals surface area contributed by atoms with Crippen molar-refractivity contribution in [2.75, 3.05) is 10.6 Å². The molecule has 32 heavy (non-hydrogen) atoms. The summed E-state index contributed by atoms with van der Waals surface area (Å²) in [5.74, 6) is 1.15. The lowest BCUT2D eigenvalue weighted by molar-refractivity contribution is 0.403. The number of fused-ring (bicyclic) bond motifs is 2. The zero-order valence-corrected chi connectivity index (χ0v) is 18.4. The molecule has 0 spiro atoms. The molecule has 0 radical (unpaired) electrons. The van der Waals surface area contributed by atoms with Gasteiger partial charge in [0.25, 0.3) is 5.56 Å². The molecule has 166 valence electrons. The van der Waals surface area contributed by atoms with Crippen LogP contribution >= 0.6 is 0 Å². The predicted octanol–water partition coefficient (Wildman–Crippen LogP) is 4.28. The van der Waals surface area contributed by atoms with E-state index in [1.54, 1.807) is 0 Å². The fourth-order valence-corrected chi connectivity index (χ4v) is 4.66. The van der Waals surface area contributed by atoms with Crippen molar-refractivity contribution in [1.29, 1.82) is 0 Å². The van der Waals surface area contributed by atoms with E-state index in [0.717, 1.165) is 42.3 Å². The summed E-state index contributed by atoms with van der Waals surface area (Å²) in [6.45, 7) is 4.32. The topological polar surface area (TPSA) is 114 Å². The van der Waals surface area contributed by atoms with Gasteiger partial charge in [-0.1, -0.05) is 18.9 Å². The first kappa shape index (κ1) is 20.5. The molecule has 1 aromatic carbocycles. The Morgan fingerprint density at radius 3 is 2.88 bits per heavy atom. The number of nitrogens with zero attached hydrogens (tertiary/aromatic N) is 3. The van der Waals surface area contributed by atoms with Crippen LogP contribution in [0.3, 0.4) is 0 Å². The second-order valence-electron chi connectivity index (χ2n) is 8.86. The van der Waals surface area contributed by atoms with Crippen molar-refractivity contribution in [2.24, 2.45) is 5.73 Å². The lowest BCUT2D eigenvalue weighted by Crippen LogP contribution is -2.42. The molecule has 0 saturated heterocycles. The molecule has 0 unspecified atom stereocenters. The maximum Gasteiger partial charge on any atom is 0.262 e. The van der Waals surface area contributed by atoms with Gasteiger partial charge in [0, 0.05) is 41.5 Å². The van der Waals surface area contributed by atoms with Crippen LogP contribution in [0.4, 0.5) is 17.3 Å². The van der Waals surface area contributed by atoms with Crippen LogP contribution in [0.25, 0.3) is 21.8 Å². The van der Waals surface area contributed by atoms with E-state index in [0.29, 0.717) is 28.6 Å². The molecule has 0 amide bonds. The number of rotatable bonds is 5. The van der Waals surface area contributed by atoms with Crippen LogP contribution in [0.15, 0.2) is 47.7 Å². The van der Waals surface area contributed by atoms with Gasteiger partial charge in [-0.15, -0.1) is 0 Å². The van der Waals surface area contributed by atoms with E-state index in [4.69, 9.17) is 10.7 Å². The molecular weight excluding hydrogens is 402 g/mol. The molecule has 3 aromatic heterocycles. The smallest absolute Gasteiger partial charge is 0.262 e. The van der Waals surface area contributed by atoms with Crippen molar-refractivity contribution in [2.45, 2.75) is 57.7 Å². The molecule has 5 N–H and O–H groups in total. The summed E-state index contributed by atoms with van der Waals surface area (Å²) in [6.07, 6.45) is 7.83. The van der Waals surface area contributed by atoms with E-state index in [9.17, 15) is 4.79 Å². The highest BCUT2D eigenvalue weighted by atomic mass is 16.1. The van der Waals surface area contributed by atoms with Gasteiger partial charge < -0.3 is 25.9 Å². The lowest BCUT2D eigenvalue weighted by Gasteiger charge is -2.29. The van der Waals surface area contributed by atoms with Gasteiger partial charge in [-0.3, -0.25) is 4.79 Å². The van der Waals surface area contributed by atoms with Crippen LogP contribution in [0, 0.1) is 0 Å². The van der Waals surface area contributed by atoms with Crippen LogP contribution < -0.4 is 21.9 Å². The fourth-order valence-electron chi connectivity index (χ4n) is 4.66. The monoisotopic (exact) mass is 431 g/mol. The standard InChI is InChI=1S/C24H29N7O/c1-14(2)31-11-10-15-17(8-5-9-20(15)31)29-23-22-19(26-13-27-24(22)32)12-21(30-23)28-18-7-4-3-6-16(18)25/h5,8-14,16,18H,3-4,6-7,25H2,1-2H3,(H,26,27,32)(H2,28,29,30)/t16-,18+/m0/s1. The first-order valence-electron chi connectivity index (χ1n) is 11.3. The Hall–Kier alpha value is -3.39. The molecule has 0 aliphatic heterocycles. The number of pyridine rings is 1. The van der Waals surface area contributed by atoms with Gasteiger partial charge in [0.05, 0.1) is 17.4 Å². The van der Waals surface area contributed by atoms with Gasteiger partial charge >= 0.3 is 0 Å². The number of aromatic nitrogens is 4. The summed E-state index contributed by atoms with van der Waals surface area (Å²) in [7, 11) is 0. The Morgan fingerprint density at radius 1 is 1.22 bits per heavy atom. The summed E-state index contributed by atoms with van der Waals surface area (Å²) >= 11 is 0. The minimum absolute atomic E-state index is 0.0920. The molecule has 1 saturated carbocycles. The third kappa shape index (κ3) is 3.71. The van der Waals surface area contributed by atoms with Crippen molar-refractivity contribution >= 4 is 39.1 Å². The molecular formula is C24H29N7O. The molecule has 1 fully saturated rings. The quantitative estimate of drug-likeness (QED) is 0.375. The van der Waals surface area contributed by atoms with E-state index in [-0.39, 0.29) is 17.6 Å². The van der Waals surface area contributed by atoms with Gasteiger partial charge in [-0.2, -0.15) is 0 Å². The van der Waals surface area contributed by atoms with Crippen molar-refractivity contribution in [3.63, 3.8) is 0 Å². The number of hydrogen-bond acceptors (Lipinski definition) is 6. The number of anilines is 3. The average Bonchev–Trinajstić information content (AvgIpc) is 3.21. The summed E-state index contributed by atoms with van der Waals surface area (Å²) in [4.78, 5) is 24.5. The SMILES string of the molecule is CC(C)n1ccc2c(Nc3nc(N[C@@H]4CCCC[C@@H]4N)cc4nc[nH]c(=O)c34)cccc21. The molecule has 0 bridgehead atoms. The van der Waals surface area contributed by atoms with Gasteiger partial charge in [0.2, 0.25) is 0 Å². The Bertz CT molecular complexity index is 1320. The summed E-state index contributed by atoms with van der Waals surface area (Å²) in [5.41, 5.74) is 8.72. The molecule has 2 atom stereocenters. The second-order valence-corrected chi connectivity index (χ2v) is 8.86. The van der Waals surface area contributed by atoms with Gasteiger partial charge in [-0.25, -0.2) is 9.97 Å². The average molecular weight is 432 g/mol. The van der Waals surface area contributed by atoms with Crippen LogP contribution in [-0.4, -0.2) is 31.6 Å². The molecule has 4 aromatic rings. The van der Waals surface area contributed by atoms with Gasteiger partial charge in [-0.05, 0) is 44.9 Å². The predicted molar refractivity (Wildman–Crippen MR) is 130 cm³/mol. The van der Waals surface area contributed by atoms with Gasteiger partial charge in [0.1, 0.15) is 17.0 Å². The first-order valence-corrected chi connectivity index (χ1v) is 11.3. The normalized spacial score (nSPS) is 19.0. The Balaban J connectivity index is 1.58. The van der Waals surface area contributed by atoms with Gasteiger partial charge in [0.15, 0.2) is 0 Å². The highest BCUT2D eigenvalue weighted by Gasteiger charge is 2.23. The zero-order chi connectivity index (χ0) is 22.2. The maximum atomic E-state index is 12.7. The largest absolute Gasteiger partial charge is 0.366 e. The van der Waals surface area contributed by atoms with Crippen LogP contribution in [0.2, 0.25) is 0 Å². The fraction of sp³-hybridized carbons (Fsp3) is 0.375. The van der Waals surface area contributed by atoms with Crippen molar-refractivity contribution in [3.05, 3.63) is 53.2 Å². The second kappa shape index (κ2) is 8.27. The lowest BCUT2D eigenvalue weighted by atomic mass is 9.91. The van der Waals surface area contributed by atoms with Crippen molar-refractivity contribution in [1.82, 2.24) is 19.5 Å². The van der Waals surface area contributed by atoms with Crippen molar-refractivity contribution < 1.29 is 0 Å². The number of aromatic amines is 1. The number of hydrogen-bond donors (Lipinski definition) is 4. The number of H-pyrrole nitrogens is 1. The Morgan fingerprint density at radius 2 is 2.06 bits per heavy atom. The molecule has 5 rings (SSSR count). The summed E-state index contributed by atoms with van der Waals surface area (Å²) in [5, 5.41) is 8.42. The highest BCUT2D eigenvalue weighted by molar-refractivity contribution is 5.98. The van der Waals surface area contributed by atoms with E-state index in [1.165, 1.54) is 6.33 Å². The minimum atomic E-state index is -0.224. The van der Waals surface area contributed by atoms with E-state index in [1.807, 2.05) is 18.2 Å². The third-order valence-corrected chi connectivity index (χ3v) is 6.35. The molecule has 3 heterocycles. The first-order chi connectivity index (χ1) is 15.5. The Kier molecular flexibility index (Phi) is 5.30. The number of benzene rings is 1. The molecule has 1 aliphatic rings.